The van der Waals surface area contributed by atoms with Crippen LogP contribution >= 0.6 is 0 Å². The summed E-state index contributed by atoms with van der Waals surface area (Å²) in [6.45, 7) is 7.52. The summed E-state index contributed by atoms with van der Waals surface area (Å²) < 4.78 is 11.3. The van der Waals surface area contributed by atoms with Crippen molar-refractivity contribution in [1.29, 1.82) is 0 Å². The summed E-state index contributed by atoms with van der Waals surface area (Å²) in [4.78, 5) is 11.6. The zero-order chi connectivity index (χ0) is 14.0. The monoisotopic (exact) mass is 260 g/mol. The van der Waals surface area contributed by atoms with Gasteiger partial charge in [0.15, 0.2) is 5.60 Å². The number of hydrogen-bond acceptors (Lipinski definition) is 4. The van der Waals surface area contributed by atoms with Gasteiger partial charge in [0.2, 0.25) is 0 Å². The summed E-state index contributed by atoms with van der Waals surface area (Å²) in [7, 11) is 0. The molecule has 0 radical (unpaired) electrons. The first-order chi connectivity index (χ1) is 8.25. The normalized spacial score (nSPS) is 36.1. The fourth-order valence-electron chi connectivity index (χ4n) is 2.22. The van der Waals surface area contributed by atoms with Crippen molar-refractivity contribution < 1.29 is 24.5 Å². The van der Waals surface area contributed by atoms with Crippen LogP contribution in [0.15, 0.2) is 0 Å². The number of rotatable bonds is 5. The third kappa shape index (κ3) is 3.22. The van der Waals surface area contributed by atoms with Gasteiger partial charge in [-0.1, -0.05) is 6.92 Å². The molecule has 4 atom stereocenters. The second kappa shape index (κ2) is 5.55. The van der Waals surface area contributed by atoms with Gasteiger partial charge in [0, 0.05) is 12.8 Å². The Morgan fingerprint density at radius 2 is 2.11 bits per heavy atom. The van der Waals surface area contributed by atoms with Crippen LogP contribution in [0.5, 0.6) is 0 Å². The molecule has 0 saturated carbocycles. The first-order valence-corrected chi connectivity index (χ1v) is 6.48. The predicted octanol–water partition coefficient (Wildman–Crippen LogP) is 1.57. The molecule has 0 aromatic carbocycles. The largest absolute Gasteiger partial charge is 0.479 e. The molecule has 1 heterocycles. The molecule has 1 saturated heterocycles. The third-order valence-corrected chi connectivity index (χ3v) is 3.84. The van der Waals surface area contributed by atoms with Crippen LogP contribution in [-0.4, -0.2) is 46.2 Å². The van der Waals surface area contributed by atoms with Crippen LogP contribution < -0.4 is 0 Å². The number of hydrogen-bond donors (Lipinski definition) is 2. The highest BCUT2D eigenvalue weighted by Crippen LogP contribution is 2.38. The second-order valence-corrected chi connectivity index (χ2v) is 5.44. The number of carbonyl (C=O) groups is 1. The maximum Gasteiger partial charge on any atom is 0.336 e. The van der Waals surface area contributed by atoms with Gasteiger partial charge in [-0.05, 0) is 27.2 Å². The van der Waals surface area contributed by atoms with Crippen molar-refractivity contribution in [2.24, 2.45) is 0 Å². The Morgan fingerprint density at radius 3 is 2.56 bits per heavy atom. The lowest BCUT2D eigenvalue weighted by Crippen LogP contribution is -2.55. The van der Waals surface area contributed by atoms with Gasteiger partial charge in [0.05, 0.1) is 24.4 Å². The van der Waals surface area contributed by atoms with E-state index < -0.39 is 29.4 Å². The number of aliphatic hydroxyl groups is 1. The lowest BCUT2D eigenvalue weighted by atomic mass is 9.81. The molecule has 0 aromatic heterocycles. The third-order valence-electron chi connectivity index (χ3n) is 3.84. The van der Waals surface area contributed by atoms with E-state index >= 15 is 0 Å². The summed E-state index contributed by atoms with van der Waals surface area (Å²) in [5.74, 6) is -0.974. The van der Waals surface area contributed by atoms with Gasteiger partial charge in [-0.2, -0.15) is 0 Å². The molecule has 5 heteroatoms. The van der Waals surface area contributed by atoms with Crippen molar-refractivity contribution in [3.05, 3.63) is 0 Å². The highest BCUT2D eigenvalue weighted by atomic mass is 16.6. The molecular formula is C13H24O5. The van der Waals surface area contributed by atoms with E-state index in [9.17, 15) is 15.0 Å². The maximum atomic E-state index is 11.6. The molecule has 18 heavy (non-hydrogen) atoms. The van der Waals surface area contributed by atoms with Crippen LogP contribution in [0.25, 0.3) is 0 Å². The van der Waals surface area contributed by atoms with Crippen LogP contribution in [0, 0.1) is 0 Å². The van der Waals surface area contributed by atoms with E-state index in [0.29, 0.717) is 19.4 Å². The van der Waals surface area contributed by atoms with Crippen molar-refractivity contribution in [1.82, 2.24) is 0 Å². The highest BCUT2D eigenvalue weighted by molar-refractivity contribution is 5.77. The second-order valence-electron chi connectivity index (χ2n) is 5.44. The maximum absolute atomic E-state index is 11.6. The summed E-state index contributed by atoms with van der Waals surface area (Å²) in [5, 5.41) is 19.0. The van der Waals surface area contributed by atoms with Crippen molar-refractivity contribution in [3.8, 4) is 0 Å². The fourth-order valence-corrected chi connectivity index (χ4v) is 2.22. The van der Waals surface area contributed by atoms with Crippen molar-refractivity contribution in [3.63, 3.8) is 0 Å². The topological polar surface area (TPSA) is 76.0 Å². The molecule has 0 aliphatic carbocycles. The first-order valence-electron chi connectivity index (χ1n) is 6.48. The van der Waals surface area contributed by atoms with E-state index in [1.54, 1.807) is 13.8 Å². The Hall–Kier alpha value is -0.650. The Morgan fingerprint density at radius 1 is 1.50 bits per heavy atom. The molecule has 1 fully saturated rings. The molecule has 4 unspecified atom stereocenters. The number of aliphatic hydroxyl groups excluding tert-OH is 1. The molecule has 1 aliphatic heterocycles. The van der Waals surface area contributed by atoms with Gasteiger partial charge in [-0.25, -0.2) is 4.79 Å². The summed E-state index contributed by atoms with van der Waals surface area (Å²) in [6, 6.07) is 0. The lowest BCUT2D eigenvalue weighted by Gasteiger charge is -2.44. The molecule has 0 bridgehead atoms. The Kier molecular flexibility index (Phi) is 4.75. The van der Waals surface area contributed by atoms with Crippen LogP contribution in [0.1, 0.15) is 47.0 Å². The fraction of sp³-hybridized carbons (Fsp3) is 0.923. The van der Waals surface area contributed by atoms with Crippen LogP contribution in [0.4, 0.5) is 0 Å². The van der Waals surface area contributed by atoms with Crippen molar-refractivity contribution in [2.45, 2.75) is 70.4 Å². The highest BCUT2D eigenvalue weighted by Gasteiger charge is 2.50. The molecule has 0 aromatic rings. The Labute approximate surface area is 108 Å². The number of aliphatic carboxylic acids is 1. The molecule has 0 spiro atoms. The van der Waals surface area contributed by atoms with E-state index in [2.05, 4.69) is 0 Å². The minimum atomic E-state index is -1.25. The minimum Gasteiger partial charge on any atom is -0.479 e. The molecule has 5 nitrogen and oxygen atoms in total. The van der Waals surface area contributed by atoms with Gasteiger partial charge >= 0.3 is 5.97 Å². The molecule has 2 N–H and O–H groups in total. The van der Waals surface area contributed by atoms with Crippen molar-refractivity contribution in [2.75, 3.05) is 6.61 Å². The van der Waals surface area contributed by atoms with E-state index in [1.807, 2.05) is 13.8 Å². The smallest absolute Gasteiger partial charge is 0.336 e. The number of ether oxygens (including phenoxy) is 2. The molecule has 106 valence electrons. The van der Waals surface area contributed by atoms with Crippen LogP contribution in [-0.2, 0) is 14.3 Å². The van der Waals surface area contributed by atoms with Gasteiger partial charge < -0.3 is 19.7 Å². The minimum absolute atomic E-state index is 0.308. The first kappa shape index (κ1) is 15.4. The van der Waals surface area contributed by atoms with E-state index in [4.69, 9.17) is 9.47 Å². The van der Waals surface area contributed by atoms with E-state index in [0.717, 1.165) is 6.42 Å². The molecule has 0 amide bonds. The van der Waals surface area contributed by atoms with Gasteiger partial charge in [0.25, 0.3) is 0 Å². The average molecular weight is 260 g/mol. The van der Waals surface area contributed by atoms with Gasteiger partial charge in [-0.3, -0.25) is 0 Å². The number of carboxylic acid groups (broad SMARTS) is 1. The van der Waals surface area contributed by atoms with Crippen LogP contribution in [0.3, 0.4) is 0 Å². The molecule has 1 rings (SSSR count). The van der Waals surface area contributed by atoms with Gasteiger partial charge in [-0.15, -0.1) is 0 Å². The summed E-state index contributed by atoms with van der Waals surface area (Å²) in [5.41, 5.74) is -1.73. The zero-order valence-corrected chi connectivity index (χ0v) is 11.6. The summed E-state index contributed by atoms with van der Waals surface area (Å²) >= 11 is 0. The Balaban J connectivity index is 2.90. The SMILES string of the molecule is CCC1(C)CC(OC(C)C(C)O)(C(=O)O)CCO1. The summed E-state index contributed by atoms with van der Waals surface area (Å²) in [6.07, 6.45) is 0.143. The average Bonchev–Trinajstić information content (AvgIpc) is 2.28. The molecular weight excluding hydrogens is 236 g/mol. The van der Waals surface area contributed by atoms with E-state index in [1.165, 1.54) is 0 Å². The van der Waals surface area contributed by atoms with Crippen LogP contribution in [0.2, 0.25) is 0 Å². The van der Waals surface area contributed by atoms with Crippen molar-refractivity contribution >= 4 is 5.97 Å². The predicted molar refractivity (Wildman–Crippen MR) is 66.5 cm³/mol. The Bertz CT molecular complexity index is 304. The number of carboxylic acids is 1. The standard InChI is InChI=1S/C13H24O5/c1-5-12(4)8-13(11(15)16,6-7-17-12)18-10(3)9(2)14/h9-10,14H,5-8H2,1-4H3,(H,15,16). The lowest BCUT2D eigenvalue weighted by molar-refractivity contribution is -0.219. The molecule has 1 aliphatic rings. The zero-order valence-electron chi connectivity index (χ0n) is 11.6. The van der Waals surface area contributed by atoms with Gasteiger partial charge in [0.1, 0.15) is 0 Å². The van der Waals surface area contributed by atoms with E-state index in [-0.39, 0.29) is 0 Å². The quantitative estimate of drug-likeness (QED) is 0.784.